The minimum absolute atomic E-state index is 0.0103. The van der Waals surface area contributed by atoms with Gasteiger partial charge in [0.25, 0.3) is 0 Å². The first-order valence-corrected chi connectivity index (χ1v) is 10.7. The summed E-state index contributed by atoms with van der Waals surface area (Å²) in [7, 11) is 1.67. The zero-order valence-corrected chi connectivity index (χ0v) is 18.3. The van der Waals surface area contributed by atoms with Crippen LogP contribution in [0.3, 0.4) is 0 Å². The van der Waals surface area contributed by atoms with E-state index in [0.717, 1.165) is 56.1 Å². The third kappa shape index (κ3) is 6.89. The van der Waals surface area contributed by atoms with Gasteiger partial charge < -0.3 is 24.6 Å². The number of guanidine groups is 1. The standard InChI is InChI=1S/C22H38N4O2/c1-6-23-22(26-14-13-19(17-26)16-25(7-2)8-3)24-15-18(4)28-21-11-9-20(27-5)10-12-21/h9-12,18-19H,6-8,13-17H2,1-5H3,(H,23,24). The van der Waals surface area contributed by atoms with Crippen molar-refractivity contribution in [3.63, 3.8) is 0 Å². The van der Waals surface area contributed by atoms with E-state index < -0.39 is 0 Å². The Hall–Kier alpha value is -1.95. The average molecular weight is 391 g/mol. The van der Waals surface area contributed by atoms with Crippen molar-refractivity contribution in [2.24, 2.45) is 10.9 Å². The normalized spacial score (nSPS) is 18.4. The maximum Gasteiger partial charge on any atom is 0.194 e. The van der Waals surface area contributed by atoms with Gasteiger partial charge >= 0.3 is 0 Å². The second-order valence-corrected chi connectivity index (χ2v) is 7.39. The fourth-order valence-corrected chi connectivity index (χ4v) is 3.59. The first-order chi connectivity index (χ1) is 13.6. The first kappa shape index (κ1) is 22.3. The maximum absolute atomic E-state index is 5.99. The molecule has 158 valence electrons. The van der Waals surface area contributed by atoms with Crippen LogP contribution in [0.15, 0.2) is 29.3 Å². The number of aliphatic imine (C=N–C) groups is 1. The second-order valence-electron chi connectivity index (χ2n) is 7.39. The van der Waals surface area contributed by atoms with Crippen molar-refractivity contribution in [1.29, 1.82) is 0 Å². The molecule has 2 rings (SSSR count). The number of rotatable bonds is 10. The van der Waals surface area contributed by atoms with E-state index in [9.17, 15) is 0 Å². The summed E-state index contributed by atoms with van der Waals surface area (Å²) in [5.74, 6) is 3.40. The van der Waals surface area contributed by atoms with Gasteiger partial charge in [0, 0.05) is 26.2 Å². The number of likely N-dealkylation sites (tertiary alicyclic amines) is 1. The molecule has 0 saturated carbocycles. The highest BCUT2D eigenvalue weighted by atomic mass is 16.5. The van der Waals surface area contributed by atoms with Crippen molar-refractivity contribution in [2.45, 2.75) is 40.2 Å². The minimum Gasteiger partial charge on any atom is -0.497 e. The largest absolute Gasteiger partial charge is 0.497 e. The predicted octanol–water partition coefficient (Wildman–Crippen LogP) is 3.09. The molecule has 0 aliphatic carbocycles. The van der Waals surface area contributed by atoms with Crippen LogP contribution >= 0.6 is 0 Å². The molecule has 1 N–H and O–H groups in total. The Morgan fingerprint density at radius 2 is 1.89 bits per heavy atom. The van der Waals surface area contributed by atoms with Crippen LogP contribution < -0.4 is 14.8 Å². The molecule has 1 aromatic rings. The van der Waals surface area contributed by atoms with Crippen molar-refractivity contribution in [3.8, 4) is 11.5 Å². The van der Waals surface area contributed by atoms with Crippen molar-refractivity contribution in [3.05, 3.63) is 24.3 Å². The van der Waals surface area contributed by atoms with E-state index in [0.29, 0.717) is 6.54 Å². The lowest BCUT2D eigenvalue weighted by Crippen LogP contribution is -2.41. The lowest BCUT2D eigenvalue weighted by molar-refractivity contribution is 0.229. The van der Waals surface area contributed by atoms with Gasteiger partial charge in [0.2, 0.25) is 0 Å². The zero-order valence-electron chi connectivity index (χ0n) is 18.3. The molecule has 28 heavy (non-hydrogen) atoms. The van der Waals surface area contributed by atoms with Gasteiger partial charge in [0.1, 0.15) is 17.6 Å². The molecule has 1 heterocycles. The molecule has 6 heteroatoms. The molecule has 2 unspecified atom stereocenters. The number of hydrogen-bond acceptors (Lipinski definition) is 4. The summed E-state index contributed by atoms with van der Waals surface area (Å²) in [5, 5.41) is 3.45. The van der Waals surface area contributed by atoms with Gasteiger partial charge in [-0.1, -0.05) is 13.8 Å². The first-order valence-electron chi connectivity index (χ1n) is 10.7. The van der Waals surface area contributed by atoms with Crippen LogP contribution in [0.1, 0.15) is 34.1 Å². The molecular weight excluding hydrogens is 352 g/mol. The Morgan fingerprint density at radius 3 is 2.50 bits per heavy atom. The molecule has 0 spiro atoms. The highest BCUT2D eigenvalue weighted by Gasteiger charge is 2.26. The minimum atomic E-state index is 0.0103. The monoisotopic (exact) mass is 390 g/mol. The van der Waals surface area contributed by atoms with Gasteiger partial charge in [-0.05, 0) is 63.5 Å². The number of ether oxygens (including phenoxy) is 2. The van der Waals surface area contributed by atoms with Crippen LogP contribution in [0.5, 0.6) is 11.5 Å². The quantitative estimate of drug-likeness (QED) is 0.491. The van der Waals surface area contributed by atoms with Gasteiger partial charge in [0.15, 0.2) is 5.96 Å². The van der Waals surface area contributed by atoms with Crippen LogP contribution in [0, 0.1) is 5.92 Å². The highest BCUT2D eigenvalue weighted by molar-refractivity contribution is 5.80. The third-order valence-corrected chi connectivity index (χ3v) is 5.23. The third-order valence-electron chi connectivity index (χ3n) is 5.23. The Labute approximate surface area is 170 Å². The lowest BCUT2D eigenvalue weighted by Gasteiger charge is -2.24. The van der Waals surface area contributed by atoms with Gasteiger partial charge in [-0.15, -0.1) is 0 Å². The van der Waals surface area contributed by atoms with Crippen LogP contribution in [0.25, 0.3) is 0 Å². The summed E-state index contributed by atoms with van der Waals surface area (Å²) in [6.07, 6.45) is 1.25. The van der Waals surface area contributed by atoms with Gasteiger partial charge in [-0.3, -0.25) is 0 Å². The van der Waals surface area contributed by atoms with Crippen molar-refractivity contribution >= 4 is 5.96 Å². The van der Waals surface area contributed by atoms with Crippen LogP contribution in [-0.4, -0.2) is 74.8 Å². The van der Waals surface area contributed by atoms with Crippen LogP contribution in [0.4, 0.5) is 0 Å². The fourth-order valence-electron chi connectivity index (χ4n) is 3.59. The molecule has 2 atom stereocenters. The number of nitrogens with one attached hydrogen (secondary N) is 1. The van der Waals surface area contributed by atoms with E-state index in [4.69, 9.17) is 14.5 Å². The summed E-state index contributed by atoms with van der Waals surface area (Å²) in [6, 6.07) is 7.69. The summed E-state index contributed by atoms with van der Waals surface area (Å²) in [4.78, 5) is 9.76. The van der Waals surface area contributed by atoms with E-state index in [1.54, 1.807) is 7.11 Å². The molecule has 0 radical (unpaired) electrons. The van der Waals surface area contributed by atoms with Crippen molar-refractivity contribution in [2.75, 3.05) is 52.9 Å². The van der Waals surface area contributed by atoms with Gasteiger partial charge in [-0.2, -0.15) is 0 Å². The molecular formula is C22H38N4O2. The predicted molar refractivity (Wildman–Crippen MR) is 117 cm³/mol. The maximum atomic E-state index is 5.99. The lowest BCUT2D eigenvalue weighted by atomic mass is 10.1. The molecule has 0 bridgehead atoms. The second kappa shape index (κ2) is 11.8. The molecule has 1 fully saturated rings. The molecule has 0 aromatic heterocycles. The Morgan fingerprint density at radius 1 is 1.21 bits per heavy atom. The van der Waals surface area contributed by atoms with E-state index in [2.05, 4.69) is 42.8 Å². The average Bonchev–Trinajstić information content (AvgIpc) is 3.18. The summed E-state index contributed by atoms with van der Waals surface area (Å²) in [6.45, 7) is 15.8. The number of methoxy groups -OCH3 is 1. The topological polar surface area (TPSA) is 49.3 Å². The molecule has 1 aliphatic heterocycles. The smallest absolute Gasteiger partial charge is 0.194 e. The summed E-state index contributed by atoms with van der Waals surface area (Å²) in [5.41, 5.74) is 0. The van der Waals surface area contributed by atoms with Crippen molar-refractivity contribution < 1.29 is 9.47 Å². The molecule has 0 amide bonds. The SMILES string of the molecule is CCNC(=NCC(C)Oc1ccc(OC)cc1)N1CCC(CN(CC)CC)C1. The van der Waals surface area contributed by atoms with Gasteiger partial charge in [-0.25, -0.2) is 4.99 Å². The zero-order chi connectivity index (χ0) is 20.4. The Bertz CT molecular complexity index is 587. The number of benzene rings is 1. The van der Waals surface area contributed by atoms with Crippen LogP contribution in [-0.2, 0) is 0 Å². The van der Waals surface area contributed by atoms with E-state index in [1.807, 2.05) is 24.3 Å². The number of hydrogen-bond donors (Lipinski definition) is 1. The molecule has 1 saturated heterocycles. The van der Waals surface area contributed by atoms with E-state index in [1.165, 1.54) is 13.0 Å². The van der Waals surface area contributed by atoms with E-state index in [-0.39, 0.29) is 6.10 Å². The number of nitrogens with zero attached hydrogens (tertiary/aromatic N) is 3. The fraction of sp³-hybridized carbons (Fsp3) is 0.682. The Balaban J connectivity index is 1.88. The molecule has 1 aliphatic rings. The van der Waals surface area contributed by atoms with Crippen LogP contribution in [0.2, 0.25) is 0 Å². The Kier molecular flexibility index (Phi) is 9.41. The van der Waals surface area contributed by atoms with E-state index >= 15 is 0 Å². The van der Waals surface area contributed by atoms with Gasteiger partial charge in [0.05, 0.1) is 13.7 Å². The molecule has 1 aromatic carbocycles. The van der Waals surface area contributed by atoms with Crippen molar-refractivity contribution in [1.82, 2.24) is 15.1 Å². The molecule has 6 nitrogen and oxygen atoms in total. The summed E-state index contributed by atoms with van der Waals surface area (Å²) < 4.78 is 11.2. The summed E-state index contributed by atoms with van der Waals surface area (Å²) >= 11 is 0. The highest BCUT2D eigenvalue weighted by Crippen LogP contribution is 2.19.